The van der Waals surface area contributed by atoms with E-state index in [4.69, 9.17) is 17.3 Å². The van der Waals surface area contributed by atoms with Crippen molar-refractivity contribution < 1.29 is 0 Å². The van der Waals surface area contributed by atoms with Crippen LogP contribution in [0.15, 0.2) is 24.3 Å². The molecule has 0 bridgehead atoms. The number of halogens is 1. The molecule has 0 unspecified atom stereocenters. The van der Waals surface area contributed by atoms with E-state index in [9.17, 15) is 0 Å². The fourth-order valence-electron chi connectivity index (χ4n) is 2.81. The number of hydrogen-bond acceptors (Lipinski definition) is 4. The van der Waals surface area contributed by atoms with Gasteiger partial charge in [0.25, 0.3) is 0 Å². The highest BCUT2D eigenvalue weighted by atomic mass is 35.5. The molecule has 1 aromatic heterocycles. The second-order valence-electron chi connectivity index (χ2n) is 5.37. The summed E-state index contributed by atoms with van der Waals surface area (Å²) < 4.78 is 1.96. The summed E-state index contributed by atoms with van der Waals surface area (Å²) in [5, 5.41) is 9.21. The van der Waals surface area contributed by atoms with E-state index in [1.165, 1.54) is 25.9 Å². The Labute approximate surface area is 129 Å². The number of likely N-dealkylation sites (tertiary alicyclic amines) is 1. The minimum Gasteiger partial charge on any atom is -0.325 e. The molecule has 1 aliphatic heterocycles. The Balaban J connectivity index is 1.83. The van der Waals surface area contributed by atoms with Crippen LogP contribution in [0.25, 0.3) is 11.3 Å². The van der Waals surface area contributed by atoms with Gasteiger partial charge in [-0.05, 0) is 38.1 Å². The van der Waals surface area contributed by atoms with E-state index in [1.54, 1.807) is 0 Å². The molecule has 1 aliphatic rings. The van der Waals surface area contributed by atoms with Crippen molar-refractivity contribution in [2.75, 3.05) is 19.6 Å². The first kappa shape index (κ1) is 14.5. The highest BCUT2D eigenvalue weighted by Crippen LogP contribution is 2.24. The molecular formula is C15H20ClN5. The third-order valence-electron chi connectivity index (χ3n) is 3.94. The molecule has 1 fully saturated rings. The molecule has 0 amide bonds. The average molecular weight is 306 g/mol. The molecule has 6 heteroatoms. The molecule has 2 heterocycles. The zero-order valence-electron chi connectivity index (χ0n) is 12.0. The van der Waals surface area contributed by atoms with Crippen molar-refractivity contribution in [1.29, 1.82) is 0 Å². The van der Waals surface area contributed by atoms with Gasteiger partial charge in [-0.1, -0.05) is 28.9 Å². The van der Waals surface area contributed by atoms with Gasteiger partial charge in [0.2, 0.25) is 0 Å². The van der Waals surface area contributed by atoms with Crippen LogP contribution in [-0.2, 0) is 13.1 Å². The first-order valence-electron chi connectivity index (χ1n) is 7.38. The summed E-state index contributed by atoms with van der Waals surface area (Å²) >= 11 is 5.96. The number of rotatable bonds is 5. The Bertz CT molecular complexity index is 587. The van der Waals surface area contributed by atoms with Crippen molar-refractivity contribution in [3.63, 3.8) is 0 Å². The van der Waals surface area contributed by atoms with Crippen LogP contribution >= 0.6 is 11.6 Å². The molecular weight excluding hydrogens is 286 g/mol. The Morgan fingerprint density at radius 1 is 1.10 bits per heavy atom. The maximum Gasteiger partial charge on any atom is 0.104 e. The standard InChI is InChI=1S/C15H20ClN5/c16-13-5-3-12(4-6-13)15-14(11-17)18-19-21(15)10-9-20-7-1-2-8-20/h3-6H,1-2,7-11,17H2. The van der Waals surface area contributed by atoms with Crippen LogP contribution < -0.4 is 5.73 Å². The van der Waals surface area contributed by atoms with Gasteiger partial charge in [0.1, 0.15) is 5.69 Å². The van der Waals surface area contributed by atoms with Crippen LogP contribution in [0.5, 0.6) is 0 Å². The summed E-state index contributed by atoms with van der Waals surface area (Å²) in [6, 6.07) is 7.75. The summed E-state index contributed by atoms with van der Waals surface area (Å²) in [5.74, 6) is 0. The van der Waals surface area contributed by atoms with Gasteiger partial charge in [0, 0.05) is 23.7 Å². The Kier molecular flexibility index (Phi) is 4.53. The second kappa shape index (κ2) is 6.56. The van der Waals surface area contributed by atoms with E-state index in [-0.39, 0.29) is 0 Å². The summed E-state index contributed by atoms with van der Waals surface area (Å²) in [6.07, 6.45) is 2.60. The van der Waals surface area contributed by atoms with Gasteiger partial charge < -0.3 is 10.6 Å². The van der Waals surface area contributed by atoms with Gasteiger partial charge in [-0.2, -0.15) is 0 Å². The Morgan fingerprint density at radius 2 is 1.81 bits per heavy atom. The lowest BCUT2D eigenvalue weighted by atomic mass is 10.1. The fraction of sp³-hybridized carbons (Fsp3) is 0.467. The normalized spacial score (nSPS) is 15.7. The second-order valence-corrected chi connectivity index (χ2v) is 5.80. The van der Waals surface area contributed by atoms with E-state index in [0.29, 0.717) is 6.54 Å². The largest absolute Gasteiger partial charge is 0.325 e. The first-order valence-corrected chi connectivity index (χ1v) is 7.76. The Morgan fingerprint density at radius 3 is 2.48 bits per heavy atom. The predicted molar refractivity (Wildman–Crippen MR) is 84.0 cm³/mol. The zero-order valence-corrected chi connectivity index (χ0v) is 12.8. The third-order valence-corrected chi connectivity index (χ3v) is 4.19. The number of benzene rings is 1. The summed E-state index contributed by atoms with van der Waals surface area (Å²) in [4.78, 5) is 2.47. The average Bonchev–Trinajstić information content (AvgIpc) is 3.15. The molecule has 1 saturated heterocycles. The molecule has 2 N–H and O–H groups in total. The predicted octanol–water partition coefficient (Wildman–Crippen LogP) is 2.15. The van der Waals surface area contributed by atoms with Gasteiger partial charge in [0.05, 0.1) is 12.2 Å². The minimum atomic E-state index is 0.391. The molecule has 0 saturated carbocycles. The van der Waals surface area contributed by atoms with Gasteiger partial charge >= 0.3 is 0 Å². The molecule has 2 aromatic rings. The van der Waals surface area contributed by atoms with Gasteiger partial charge in [-0.25, -0.2) is 4.68 Å². The Hall–Kier alpha value is -1.43. The SMILES string of the molecule is NCc1nnn(CCN2CCCC2)c1-c1ccc(Cl)cc1. The monoisotopic (exact) mass is 305 g/mol. The first-order chi connectivity index (χ1) is 10.3. The lowest BCUT2D eigenvalue weighted by Crippen LogP contribution is -2.24. The highest BCUT2D eigenvalue weighted by Gasteiger charge is 2.16. The van der Waals surface area contributed by atoms with Crippen molar-refractivity contribution in [3.05, 3.63) is 35.0 Å². The molecule has 0 spiro atoms. The molecule has 112 valence electrons. The number of aromatic nitrogens is 3. The maximum absolute atomic E-state index is 5.96. The molecule has 21 heavy (non-hydrogen) atoms. The summed E-state index contributed by atoms with van der Waals surface area (Å²) in [5.41, 5.74) is 8.70. The van der Waals surface area contributed by atoms with E-state index >= 15 is 0 Å². The lowest BCUT2D eigenvalue weighted by Gasteiger charge is -2.15. The van der Waals surface area contributed by atoms with Crippen molar-refractivity contribution in [2.45, 2.75) is 25.9 Å². The molecule has 0 atom stereocenters. The summed E-state index contributed by atoms with van der Waals surface area (Å²) in [6.45, 7) is 4.62. The van der Waals surface area contributed by atoms with Crippen molar-refractivity contribution in [2.24, 2.45) is 5.73 Å². The van der Waals surface area contributed by atoms with E-state index in [1.807, 2.05) is 28.9 Å². The quantitative estimate of drug-likeness (QED) is 0.919. The highest BCUT2D eigenvalue weighted by molar-refractivity contribution is 6.30. The van der Waals surface area contributed by atoms with Crippen LogP contribution in [-0.4, -0.2) is 39.5 Å². The number of nitrogens with two attached hydrogens (primary N) is 1. The van der Waals surface area contributed by atoms with Crippen LogP contribution in [0.2, 0.25) is 5.02 Å². The van der Waals surface area contributed by atoms with Crippen molar-refractivity contribution in [3.8, 4) is 11.3 Å². The zero-order chi connectivity index (χ0) is 14.7. The lowest BCUT2D eigenvalue weighted by molar-refractivity contribution is 0.315. The van der Waals surface area contributed by atoms with Crippen molar-refractivity contribution in [1.82, 2.24) is 19.9 Å². The smallest absolute Gasteiger partial charge is 0.104 e. The van der Waals surface area contributed by atoms with Gasteiger partial charge in [-0.15, -0.1) is 5.10 Å². The van der Waals surface area contributed by atoms with Gasteiger partial charge in [0.15, 0.2) is 0 Å². The molecule has 1 aromatic carbocycles. The maximum atomic E-state index is 5.96. The topological polar surface area (TPSA) is 60.0 Å². The third kappa shape index (κ3) is 3.26. The van der Waals surface area contributed by atoms with Crippen LogP contribution in [0, 0.1) is 0 Å². The fourth-order valence-corrected chi connectivity index (χ4v) is 2.93. The molecule has 3 rings (SSSR count). The van der Waals surface area contributed by atoms with E-state index in [0.717, 1.165) is 35.1 Å². The van der Waals surface area contributed by atoms with Crippen LogP contribution in [0.3, 0.4) is 0 Å². The summed E-state index contributed by atoms with van der Waals surface area (Å²) in [7, 11) is 0. The number of hydrogen-bond donors (Lipinski definition) is 1. The van der Waals surface area contributed by atoms with Crippen LogP contribution in [0.1, 0.15) is 18.5 Å². The van der Waals surface area contributed by atoms with Gasteiger partial charge in [-0.3, -0.25) is 0 Å². The van der Waals surface area contributed by atoms with E-state index in [2.05, 4.69) is 15.2 Å². The van der Waals surface area contributed by atoms with Crippen LogP contribution in [0.4, 0.5) is 0 Å². The number of nitrogens with zero attached hydrogens (tertiary/aromatic N) is 4. The molecule has 0 radical (unpaired) electrons. The van der Waals surface area contributed by atoms with Crippen molar-refractivity contribution >= 4 is 11.6 Å². The molecule has 0 aliphatic carbocycles. The van der Waals surface area contributed by atoms with E-state index < -0.39 is 0 Å². The minimum absolute atomic E-state index is 0.391. The molecule has 5 nitrogen and oxygen atoms in total.